The molecular weight excluding hydrogens is 503 g/mol. The molecule has 0 radical (unpaired) electrons. The lowest BCUT2D eigenvalue weighted by Gasteiger charge is -2.10. The van der Waals surface area contributed by atoms with E-state index in [9.17, 15) is 17.7 Å². The van der Waals surface area contributed by atoms with Gasteiger partial charge < -0.3 is 9.12 Å². The van der Waals surface area contributed by atoms with Crippen molar-refractivity contribution in [3.63, 3.8) is 0 Å². The van der Waals surface area contributed by atoms with Crippen molar-refractivity contribution in [2.45, 2.75) is 18.1 Å². The normalized spacial score (nSPS) is 13.1. The second kappa shape index (κ2) is 8.52. The van der Waals surface area contributed by atoms with Crippen molar-refractivity contribution in [2.24, 2.45) is 14.1 Å². The third-order valence-corrected chi connectivity index (χ3v) is 8.93. The van der Waals surface area contributed by atoms with Crippen molar-refractivity contribution in [1.82, 2.24) is 24.1 Å². The zero-order valence-electron chi connectivity index (χ0n) is 18.3. The molecule has 0 saturated heterocycles. The van der Waals surface area contributed by atoms with Gasteiger partial charge >= 0.3 is 6.18 Å². The van der Waals surface area contributed by atoms with E-state index in [2.05, 4.69) is 9.97 Å². The molecule has 1 unspecified atom stereocenters. The van der Waals surface area contributed by atoms with Crippen LogP contribution in [0.3, 0.4) is 0 Å². The molecule has 5 aromatic heterocycles. The third kappa shape index (κ3) is 3.84. The molecule has 176 valence electrons. The first-order valence-corrected chi connectivity index (χ1v) is 13.2. The zero-order chi connectivity index (χ0) is 24.2. The van der Waals surface area contributed by atoms with Crippen LogP contribution in [-0.4, -0.2) is 34.4 Å². The van der Waals surface area contributed by atoms with Gasteiger partial charge in [0.05, 0.1) is 10.4 Å². The fourth-order valence-corrected chi connectivity index (χ4v) is 6.58. The number of aromatic nitrogens is 5. The van der Waals surface area contributed by atoms with Crippen LogP contribution in [0.2, 0.25) is 0 Å². The summed E-state index contributed by atoms with van der Waals surface area (Å²) >= 11 is 1.83. The molecule has 1 atom stereocenters. The Morgan fingerprint density at radius 3 is 2.47 bits per heavy atom. The van der Waals surface area contributed by atoms with Crippen molar-refractivity contribution in [3.8, 4) is 32.0 Å². The van der Waals surface area contributed by atoms with Crippen LogP contribution in [0.15, 0.2) is 46.9 Å². The van der Waals surface area contributed by atoms with Crippen molar-refractivity contribution >= 4 is 45.0 Å². The minimum atomic E-state index is -4.52. The Morgan fingerprint density at radius 1 is 1.03 bits per heavy atom. The first-order chi connectivity index (χ1) is 16.2. The number of hydrogen-bond acceptors (Lipinski definition) is 6. The minimum absolute atomic E-state index is 0.101. The first kappa shape index (κ1) is 23.1. The second-order valence-corrected chi connectivity index (χ2v) is 11.2. The molecule has 0 amide bonds. The highest BCUT2D eigenvalue weighted by atomic mass is 32.2. The number of halogens is 3. The minimum Gasteiger partial charge on any atom is -0.610 e. The Balaban J connectivity index is 1.67. The van der Waals surface area contributed by atoms with Crippen molar-refractivity contribution in [2.75, 3.05) is 5.75 Å². The summed E-state index contributed by atoms with van der Waals surface area (Å²) in [6.45, 7) is 1.80. The summed E-state index contributed by atoms with van der Waals surface area (Å²) in [5, 5.41) is 2.48. The standard InChI is InChI=1S/C22H18F3N5OS3/c1-4-34(31)21-17(20-27-13-10-12(22(23,24)25)11-26-18(13)29(20)2)28-19(30(21)3)16-8-7-15(33-16)14-6-5-9-32-14/h5-11H,4H2,1-3H3. The fraction of sp³-hybridized carbons (Fsp3) is 0.227. The Kier molecular flexibility index (Phi) is 5.79. The molecule has 0 aliphatic heterocycles. The number of aryl methyl sites for hydroxylation is 1. The molecule has 0 spiro atoms. The molecule has 0 saturated carbocycles. The summed E-state index contributed by atoms with van der Waals surface area (Å²) in [6, 6.07) is 9.00. The van der Waals surface area contributed by atoms with Gasteiger partial charge in [-0.1, -0.05) is 6.07 Å². The van der Waals surface area contributed by atoms with Gasteiger partial charge in [0.2, 0.25) is 0 Å². The lowest BCUT2D eigenvalue weighted by molar-refractivity contribution is -0.137. The maximum absolute atomic E-state index is 13.2. The molecule has 12 heteroatoms. The molecule has 0 N–H and O–H groups in total. The summed E-state index contributed by atoms with van der Waals surface area (Å²) in [5.74, 6) is 1.29. The van der Waals surface area contributed by atoms with Gasteiger partial charge in [0.1, 0.15) is 11.3 Å². The number of pyridine rings is 1. The third-order valence-electron chi connectivity index (χ3n) is 5.36. The van der Waals surface area contributed by atoms with Gasteiger partial charge in [-0.15, -0.1) is 22.7 Å². The number of hydrogen-bond donors (Lipinski definition) is 0. The molecule has 0 fully saturated rings. The Morgan fingerprint density at radius 2 is 1.79 bits per heavy atom. The van der Waals surface area contributed by atoms with Gasteiger partial charge in [-0.2, -0.15) is 13.2 Å². The summed E-state index contributed by atoms with van der Waals surface area (Å²) in [7, 11) is 3.46. The molecule has 5 aromatic rings. The average molecular weight is 522 g/mol. The number of fused-ring (bicyclic) bond motifs is 1. The van der Waals surface area contributed by atoms with Crippen LogP contribution in [0.4, 0.5) is 13.2 Å². The fourth-order valence-electron chi connectivity index (χ4n) is 3.70. The van der Waals surface area contributed by atoms with E-state index in [1.807, 2.05) is 29.6 Å². The molecule has 0 aliphatic rings. The first-order valence-electron chi connectivity index (χ1n) is 10.2. The quantitative estimate of drug-likeness (QED) is 0.267. The largest absolute Gasteiger partial charge is 0.610 e. The average Bonchev–Trinajstić information content (AvgIpc) is 3.58. The van der Waals surface area contributed by atoms with Crippen molar-refractivity contribution < 1.29 is 17.7 Å². The van der Waals surface area contributed by atoms with Crippen LogP contribution in [0, 0.1) is 0 Å². The van der Waals surface area contributed by atoms with E-state index in [4.69, 9.17) is 4.98 Å². The number of nitrogens with zero attached hydrogens (tertiary/aromatic N) is 5. The Bertz CT molecular complexity index is 1480. The van der Waals surface area contributed by atoms with Gasteiger partial charge in [0.15, 0.2) is 23.0 Å². The molecule has 5 heterocycles. The number of rotatable bonds is 5. The van der Waals surface area contributed by atoms with E-state index >= 15 is 0 Å². The predicted octanol–water partition coefficient (Wildman–Crippen LogP) is 5.97. The highest BCUT2D eigenvalue weighted by Gasteiger charge is 2.33. The summed E-state index contributed by atoms with van der Waals surface area (Å²) in [6.07, 6.45) is -3.73. The molecule has 6 nitrogen and oxygen atoms in total. The molecule has 0 aliphatic carbocycles. The van der Waals surface area contributed by atoms with E-state index in [0.29, 0.717) is 33.8 Å². The molecule has 0 bridgehead atoms. The molecule has 0 aromatic carbocycles. The maximum atomic E-state index is 13.2. The molecule has 34 heavy (non-hydrogen) atoms. The number of imidazole rings is 2. The maximum Gasteiger partial charge on any atom is 0.417 e. The molecular formula is C22H18F3N5OS3. The van der Waals surface area contributed by atoms with Gasteiger partial charge in [0, 0.05) is 41.2 Å². The van der Waals surface area contributed by atoms with E-state index in [1.165, 1.54) is 0 Å². The van der Waals surface area contributed by atoms with Crippen LogP contribution in [0.25, 0.3) is 43.1 Å². The van der Waals surface area contributed by atoms with E-state index in [1.54, 1.807) is 52.8 Å². The molecule has 5 rings (SSSR count). The number of thiophene rings is 2. The van der Waals surface area contributed by atoms with Crippen LogP contribution in [0.1, 0.15) is 12.5 Å². The summed E-state index contributed by atoms with van der Waals surface area (Å²) in [5.41, 5.74) is -0.107. The lowest BCUT2D eigenvalue weighted by Crippen LogP contribution is -2.11. The summed E-state index contributed by atoms with van der Waals surface area (Å²) in [4.78, 5) is 16.3. The zero-order valence-corrected chi connectivity index (χ0v) is 20.7. The Labute approximate surface area is 203 Å². The SMILES string of the molecule is CC[S+]([O-])c1c(-c2nc3cc(C(F)(F)F)cnc3n2C)nc(-c2ccc(-c3cccs3)s2)n1C. The highest BCUT2D eigenvalue weighted by Crippen LogP contribution is 2.39. The second-order valence-electron chi connectivity index (χ2n) is 7.48. The van der Waals surface area contributed by atoms with E-state index in [-0.39, 0.29) is 5.52 Å². The van der Waals surface area contributed by atoms with E-state index in [0.717, 1.165) is 26.9 Å². The van der Waals surface area contributed by atoms with Gasteiger partial charge in [-0.05, 0) is 36.6 Å². The van der Waals surface area contributed by atoms with Crippen LogP contribution < -0.4 is 0 Å². The van der Waals surface area contributed by atoms with Crippen molar-refractivity contribution in [1.29, 1.82) is 0 Å². The predicted molar refractivity (Wildman–Crippen MR) is 129 cm³/mol. The van der Waals surface area contributed by atoms with Crippen LogP contribution in [0.5, 0.6) is 0 Å². The topological polar surface area (TPSA) is 71.6 Å². The van der Waals surface area contributed by atoms with Crippen molar-refractivity contribution in [3.05, 3.63) is 47.5 Å². The Hall–Kier alpha value is -2.67. The van der Waals surface area contributed by atoms with Gasteiger partial charge in [0.25, 0.3) is 5.03 Å². The summed E-state index contributed by atoms with van der Waals surface area (Å²) < 4.78 is 55.9. The van der Waals surface area contributed by atoms with Gasteiger partial charge in [-0.25, -0.2) is 15.0 Å². The lowest BCUT2D eigenvalue weighted by atomic mass is 10.2. The smallest absolute Gasteiger partial charge is 0.417 e. The number of alkyl halides is 3. The van der Waals surface area contributed by atoms with Gasteiger partial charge in [-0.3, -0.25) is 4.57 Å². The van der Waals surface area contributed by atoms with Crippen LogP contribution in [-0.2, 0) is 31.4 Å². The van der Waals surface area contributed by atoms with E-state index < -0.39 is 22.9 Å². The highest BCUT2D eigenvalue weighted by molar-refractivity contribution is 7.91. The van der Waals surface area contributed by atoms with Crippen LogP contribution >= 0.6 is 22.7 Å². The monoisotopic (exact) mass is 521 g/mol.